The van der Waals surface area contributed by atoms with E-state index < -0.39 is 11.6 Å². The van der Waals surface area contributed by atoms with Crippen LogP contribution in [-0.2, 0) is 15.9 Å². The highest BCUT2D eigenvalue weighted by Crippen LogP contribution is 2.36. The molecular weight excluding hydrogens is 368 g/mol. The smallest absolute Gasteiger partial charge is 0.409 e. The Labute approximate surface area is 170 Å². The van der Waals surface area contributed by atoms with Crippen LogP contribution in [0.4, 0.5) is 9.59 Å². The number of methoxy groups -OCH3 is 1. The van der Waals surface area contributed by atoms with Crippen LogP contribution in [0.3, 0.4) is 0 Å². The van der Waals surface area contributed by atoms with Gasteiger partial charge >= 0.3 is 12.2 Å². The van der Waals surface area contributed by atoms with Gasteiger partial charge in [-0.15, -0.1) is 0 Å². The average molecular weight is 394 g/mol. The second-order valence-corrected chi connectivity index (χ2v) is 7.72. The third kappa shape index (κ3) is 3.92. The highest BCUT2D eigenvalue weighted by atomic mass is 16.6. The number of nitrogens with one attached hydrogen (secondary N) is 1. The molecule has 2 aliphatic rings. The minimum atomic E-state index is -0.496. The maximum absolute atomic E-state index is 12.5. The van der Waals surface area contributed by atoms with Crippen LogP contribution < -0.4 is 5.32 Å². The number of hydrogen-bond acceptors (Lipinski definition) is 4. The number of carbonyl (C=O) groups excluding carboxylic acids is 2. The molecule has 29 heavy (non-hydrogen) atoms. The van der Waals surface area contributed by atoms with Gasteiger partial charge in [0.15, 0.2) is 0 Å². The van der Waals surface area contributed by atoms with Gasteiger partial charge in [-0.05, 0) is 36.0 Å². The quantitative estimate of drug-likeness (QED) is 0.855. The standard InChI is InChI=1S/C23H26N2O4/c1-28-22(27)25-13-6-11-23(12-14-29-21(26)24-23)20(25)16-17-7-5-10-19(15-17)18-8-3-2-4-9-18/h2-5,7-10,15,20H,6,11-14,16H2,1H3,(H,24,26)/t20-,23+/m1/s1. The summed E-state index contributed by atoms with van der Waals surface area (Å²) in [5, 5.41) is 3.05. The lowest BCUT2D eigenvalue weighted by molar-refractivity contribution is 0.00323. The van der Waals surface area contributed by atoms with Crippen molar-refractivity contribution in [2.45, 2.75) is 37.3 Å². The molecule has 152 valence electrons. The molecule has 4 rings (SSSR count). The van der Waals surface area contributed by atoms with E-state index >= 15 is 0 Å². The summed E-state index contributed by atoms with van der Waals surface area (Å²) in [6.07, 6.45) is 2.18. The van der Waals surface area contributed by atoms with Crippen LogP contribution in [0.1, 0.15) is 24.8 Å². The number of cyclic esters (lactones) is 1. The van der Waals surface area contributed by atoms with Gasteiger partial charge in [0.1, 0.15) is 0 Å². The number of hydrogen-bond donors (Lipinski definition) is 1. The number of carbonyl (C=O) groups is 2. The lowest BCUT2D eigenvalue weighted by Gasteiger charge is -2.51. The summed E-state index contributed by atoms with van der Waals surface area (Å²) in [6.45, 7) is 0.982. The van der Waals surface area contributed by atoms with Crippen LogP contribution in [0.15, 0.2) is 54.6 Å². The number of piperidine rings is 1. The van der Waals surface area contributed by atoms with E-state index in [1.165, 1.54) is 7.11 Å². The Kier molecular flexibility index (Phi) is 5.43. The van der Waals surface area contributed by atoms with Gasteiger partial charge in [0.2, 0.25) is 0 Å². The fraction of sp³-hybridized carbons (Fsp3) is 0.391. The first kappa shape index (κ1) is 19.3. The van der Waals surface area contributed by atoms with Crippen molar-refractivity contribution in [3.05, 3.63) is 60.2 Å². The van der Waals surface area contributed by atoms with Gasteiger partial charge < -0.3 is 19.7 Å². The topological polar surface area (TPSA) is 67.9 Å². The van der Waals surface area contributed by atoms with Crippen molar-refractivity contribution in [1.82, 2.24) is 10.2 Å². The zero-order valence-electron chi connectivity index (χ0n) is 16.6. The lowest BCUT2D eigenvalue weighted by atomic mass is 9.75. The molecule has 2 aromatic carbocycles. The van der Waals surface area contributed by atoms with E-state index in [9.17, 15) is 9.59 Å². The molecule has 6 nitrogen and oxygen atoms in total. The molecule has 2 saturated heterocycles. The van der Waals surface area contributed by atoms with Gasteiger partial charge in [-0.1, -0.05) is 54.6 Å². The third-order valence-corrected chi connectivity index (χ3v) is 6.04. The molecule has 2 atom stereocenters. The molecule has 2 aliphatic heterocycles. The number of alkyl carbamates (subject to hydrolysis) is 1. The molecule has 2 amide bonds. The molecule has 6 heteroatoms. The second-order valence-electron chi connectivity index (χ2n) is 7.72. The largest absolute Gasteiger partial charge is 0.453 e. The summed E-state index contributed by atoms with van der Waals surface area (Å²) in [6, 6.07) is 18.4. The van der Waals surface area contributed by atoms with E-state index in [-0.39, 0.29) is 12.1 Å². The van der Waals surface area contributed by atoms with Crippen LogP contribution >= 0.6 is 0 Å². The minimum Gasteiger partial charge on any atom is -0.453 e. The second kappa shape index (κ2) is 8.15. The predicted molar refractivity (Wildman–Crippen MR) is 110 cm³/mol. The first-order chi connectivity index (χ1) is 14.1. The van der Waals surface area contributed by atoms with Gasteiger partial charge in [-0.2, -0.15) is 0 Å². The summed E-state index contributed by atoms with van der Waals surface area (Å²) in [5.41, 5.74) is 2.91. The summed E-state index contributed by atoms with van der Waals surface area (Å²) in [5.74, 6) is 0. The van der Waals surface area contributed by atoms with Crippen molar-refractivity contribution < 1.29 is 19.1 Å². The molecule has 2 fully saturated rings. The Morgan fingerprint density at radius 2 is 1.97 bits per heavy atom. The minimum absolute atomic E-state index is 0.192. The first-order valence-corrected chi connectivity index (χ1v) is 10.1. The van der Waals surface area contributed by atoms with Gasteiger partial charge in [-0.3, -0.25) is 0 Å². The monoisotopic (exact) mass is 394 g/mol. The molecule has 0 aliphatic carbocycles. The van der Waals surface area contributed by atoms with Crippen LogP contribution in [0.2, 0.25) is 0 Å². The highest BCUT2D eigenvalue weighted by molar-refractivity contribution is 5.71. The van der Waals surface area contributed by atoms with Crippen molar-refractivity contribution in [3.8, 4) is 11.1 Å². The maximum atomic E-state index is 12.5. The van der Waals surface area contributed by atoms with Crippen molar-refractivity contribution >= 4 is 12.2 Å². The Bertz CT molecular complexity index is 881. The van der Waals surface area contributed by atoms with Gasteiger partial charge in [0.05, 0.1) is 25.3 Å². The normalized spacial score (nSPS) is 24.0. The van der Waals surface area contributed by atoms with Crippen molar-refractivity contribution in [2.24, 2.45) is 0 Å². The van der Waals surface area contributed by atoms with Gasteiger partial charge in [0.25, 0.3) is 0 Å². The van der Waals surface area contributed by atoms with Gasteiger partial charge in [0, 0.05) is 13.0 Å². The molecule has 0 radical (unpaired) electrons. The van der Waals surface area contributed by atoms with Crippen LogP contribution in [0, 0.1) is 0 Å². The first-order valence-electron chi connectivity index (χ1n) is 10.1. The number of rotatable bonds is 3. The van der Waals surface area contributed by atoms with E-state index in [1.54, 1.807) is 4.90 Å². The lowest BCUT2D eigenvalue weighted by Crippen LogP contribution is -2.68. The zero-order chi connectivity index (χ0) is 20.3. The van der Waals surface area contributed by atoms with Gasteiger partial charge in [-0.25, -0.2) is 9.59 Å². The van der Waals surface area contributed by atoms with E-state index in [1.807, 2.05) is 24.3 Å². The summed E-state index contributed by atoms with van der Waals surface area (Å²) in [4.78, 5) is 26.3. The Morgan fingerprint density at radius 1 is 1.17 bits per heavy atom. The number of ether oxygens (including phenoxy) is 2. The predicted octanol–water partition coefficient (Wildman–Crippen LogP) is 4.00. The molecule has 0 unspecified atom stereocenters. The molecule has 2 heterocycles. The molecule has 0 saturated carbocycles. The van der Waals surface area contributed by atoms with Crippen molar-refractivity contribution in [3.63, 3.8) is 0 Å². The van der Waals surface area contributed by atoms with Crippen LogP contribution in [0.5, 0.6) is 0 Å². The molecule has 1 spiro atoms. The molecule has 0 aromatic heterocycles. The zero-order valence-corrected chi connectivity index (χ0v) is 16.6. The Balaban J connectivity index is 1.67. The summed E-state index contributed by atoms with van der Waals surface area (Å²) < 4.78 is 10.2. The average Bonchev–Trinajstić information content (AvgIpc) is 2.75. The fourth-order valence-corrected chi connectivity index (χ4v) is 4.62. The van der Waals surface area contributed by atoms with E-state index in [0.717, 1.165) is 29.5 Å². The molecule has 0 bridgehead atoms. The highest BCUT2D eigenvalue weighted by Gasteiger charge is 2.49. The van der Waals surface area contributed by atoms with E-state index in [2.05, 4.69) is 35.6 Å². The van der Waals surface area contributed by atoms with E-state index in [0.29, 0.717) is 26.0 Å². The number of amides is 2. The summed E-state index contributed by atoms with van der Waals surface area (Å²) >= 11 is 0. The van der Waals surface area contributed by atoms with Crippen molar-refractivity contribution in [2.75, 3.05) is 20.3 Å². The van der Waals surface area contributed by atoms with Crippen LogP contribution in [-0.4, -0.2) is 48.9 Å². The third-order valence-electron chi connectivity index (χ3n) is 6.04. The number of likely N-dealkylation sites (tertiary alicyclic amines) is 1. The van der Waals surface area contributed by atoms with Crippen molar-refractivity contribution in [1.29, 1.82) is 0 Å². The maximum Gasteiger partial charge on any atom is 0.409 e. The number of benzene rings is 2. The molecule has 2 aromatic rings. The van der Waals surface area contributed by atoms with Crippen LogP contribution in [0.25, 0.3) is 11.1 Å². The molecule has 1 N–H and O–H groups in total. The van der Waals surface area contributed by atoms with E-state index in [4.69, 9.17) is 9.47 Å². The molecular formula is C23H26N2O4. The SMILES string of the molecule is COC(=O)N1CCC[C@]2(CCOC(=O)N2)[C@H]1Cc1cccc(-c2ccccc2)c1. The number of nitrogens with zero attached hydrogens (tertiary/aromatic N) is 1. The summed E-state index contributed by atoms with van der Waals surface area (Å²) in [7, 11) is 1.40. The fourth-order valence-electron chi connectivity index (χ4n) is 4.62. The Morgan fingerprint density at radius 3 is 2.72 bits per heavy atom. The Hall–Kier alpha value is -3.02.